The standard InChI is InChI=1S/C17H15NO2/c1-20-16-5-2-13(3-6-16)11-18-9-8-15-10-14(12-19)4-7-17(15)18/h2-10,12H,11H2,1H3. The molecule has 0 radical (unpaired) electrons. The van der Waals surface area contributed by atoms with E-state index in [0.29, 0.717) is 5.56 Å². The quantitative estimate of drug-likeness (QED) is 0.676. The Labute approximate surface area is 117 Å². The molecule has 0 amide bonds. The third-order valence-electron chi connectivity index (χ3n) is 3.44. The molecule has 0 spiro atoms. The van der Waals surface area contributed by atoms with Crippen LogP contribution in [-0.2, 0) is 6.54 Å². The molecule has 3 rings (SSSR count). The summed E-state index contributed by atoms with van der Waals surface area (Å²) in [6, 6.07) is 15.8. The molecule has 3 aromatic rings. The second-order valence-corrected chi connectivity index (χ2v) is 4.73. The van der Waals surface area contributed by atoms with E-state index in [4.69, 9.17) is 4.74 Å². The van der Waals surface area contributed by atoms with Crippen molar-refractivity contribution in [2.24, 2.45) is 0 Å². The van der Waals surface area contributed by atoms with Gasteiger partial charge in [-0.1, -0.05) is 12.1 Å². The summed E-state index contributed by atoms with van der Waals surface area (Å²) in [6.07, 6.45) is 2.92. The monoisotopic (exact) mass is 265 g/mol. The molecule has 0 bridgehead atoms. The third-order valence-corrected chi connectivity index (χ3v) is 3.44. The van der Waals surface area contributed by atoms with E-state index in [1.54, 1.807) is 7.11 Å². The zero-order chi connectivity index (χ0) is 13.9. The van der Waals surface area contributed by atoms with Crippen molar-refractivity contribution in [3.8, 4) is 5.75 Å². The Hall–Kier alpha value is -2.55. The highest BCUT2D eigenvalue weighted by molar-refractivity contribution is 5.87. The Morgan fingerprint density at radius 2 is 1.90 bits per heavy atom. The Balaban J connectivity index is 1.91. The van der Waals surface area contributed by atoms with E-state index in [2.05, 4.69) is 16.7 Å². The summed E-state index contributed by atoms with van der Waals surface area (Å²) >= 11 is 0. The first-order valence-electron chi connectivity index (χ1n) is 6.47. The summed E-state index contributed by atoms with van der Waals surface area (Å²) in [5.74, 6) is 0.863. The van der Waals surface area contributed by atoms with Gasteiger partial charge >= 0.3 is 0 Å². The molecule has 0 aliphatic carbocycles. The van der Waals surface area contributed by atoms with Crippen molar-refractivity contribution in [1.29, 1.82) is 0 Å². The zero-order valence-corrected chi connectivity index (χ0v) is 11.2. The van der Waals surface area contributed by atoms with Gasteiger partial charge in [0.1, 0.15) is 12.0 Å². The van der Waals surface area contributed by atoms with Crippen molar-refractivity contribution in [3.63, 3.8) is 0 Å². The summed E-state index contributed by atoms with van der Waals surface area (Å²) in [5, 5.41) is 1.09. The lowest BCUT2D eigenvalue weighted by Crippen LogP contribution is -1.97. The maximum atomic E-state index is 10.8. The molecule has 2 aromatic carbocycles. The number of nitrogens with zero attached hydrogens (tertiary/aromatic N) is 1. The Morgan fingerprint density at radius 1 is 1.10 bits per heavy atom. The number of benzene rings is 2. The number of carbonyl (C=O) groups excluding carboxylic acids is 1. The molecular weight excluding hydrogens is 250 g/mol. The molecule has 3 heteroatoms. The van der Waals surface area contributed by atoms with E-state index < -0.39 is 0 Å². The lowest BCUT2D eigenvalue weighted by atomic mass is 10.2. The molecule has 0 N–H and O–H groups in total. The first-order chi connectivity index (χ1) is 9.80. The highest BCUT2D eigenvalue weighted by Crippen LogP contribution is 2.19. The molecule has 1 heterocycles. The molecule has 0 saturated carbocycles. The van der Waals surface area contributed by atoms with Gasteiger partial charge in [-0.05, 0) is 42.0 Å². The highest BCUT2D eigenvalue weighted by Gasteiger charge is 2.03. The molecule has 0 atom stereocenters. The van der Waals surface area contributed by atoms with Crippen LogP contribution in [0, 0.1) is 0 Å². The van der Waals surface area contributed by atoms with E-state index in [9.17, 15) is 4.79 Å². The van der Waals surface area contributed by atoms with Gasteiger partial charge < -0.3 is 9.30 Å². The smallest absolute Gasteiger partial charge is 0.150 e. The van der Waals surface area contributed by atoms with Gasteiger partial charge in [-0.25, -0.2) is 0 Å². The van der Waals surface area contributed by atoms with Gasteiger partial charge in [0, 0.05) is 29.2 Å². The van der Waals surface area contributed by atoms with Crippen molar-refractivity contribution in [1.82, 2.24) is 4.57 Å². The van der Waals surface area contributed by atoms with Crippen LogP contribution in [0.1, 0.15) is 15.9 Å². The van der Waals surface area contributed by atoms with Crippen LogP contribution in [0.4, 0.5) is 0 Å². The van der Waals surface area contributed by atoms with E-state index in [1.807, 2.05) is 42.6 Å². The second-order valence-electron chi connectivity index (χ2n) is 4.73. The number of ether oxygens (including phenoxy) is 1. The topological polar surface area (TPSA) is 31.2 Å². The van der Waals surface area contributed by atoms with E-state index in [-0.39, 0.29) is 0 Å². The van der Waals surface area contributed by atoms with Crippen molar-refractivity contribution in [3.05, 3.63) is 65.9 Å². The lowest BCUT2D eigenvalue weighted by molar-refractivity contribution is 0.112. The van der Waals surface area contributed by atoms with Crippen molar-refractivity contribution in [2.45, 2.75) is 6.54 Å². The van der Waals surface area contributed by atoms with Crippen molar-refractivity contribution >= 4 is 17.2 Å². The predicted octanol–water partition coefficient (Wildman–Crippen LogP) is 3.51. The van der Waals surface area contributed by atoms with Crippen LogP contribution in [0.3, 0.4) is 0 Å². The van der Waals surface area contributed by atoms with Crippen molar-refractivity contribution in [2.75, 3.05) is 7.11 Å². The van der Waals surface area contributed by atoms with Crippen LogP contribution in [0.15, 0.2) is 54.7 Å². The van der Waals surface area contributed by atoms with Gasteiger partial charge in [0.2, 0.25) is 0 Å². The number of aldehydes is 1. The van der Waals surface area contributed by atoms with Gasteiger partial charge in [-0.2, -0.15) is 0 Å². The second kappa shape index (κ2) is 5.21. The van der Waals surface area contributed by atoms with Crippen molar-refractivity contribution < 1.29 is 9.53 Å². The van der Waals surface area contributed by atoms with Gasteiger partial charge in [0.05, 0.1) is 7.11 Å². The molecule has 0 fully saturated rings. The summed E-state index contributed by atoms with van der Waals surface area (Å²) in [6.45, 7) is 0.800. The number of methoxy groups -OCH3 is 1. The lowest BCUT2D eigenvalue weighted by Gasteiger charge is -2.07. The Bertz CT molecular complexity index is 741. The number of aromatic nitrogens is 1. The molecule has 100 valence electrons. The number of hydrogen-bond donors (Lipinski definition) is 0. The minimum Gasteiger partial charge on any atom is -0.497 e. The third kappa shape index (κ3) is 2.30. The van der Waals surface area contributed by atoms with Crippen LogP contribution in [-0.4, -0.2) is 18.0 Å². The summed E-state index contributed by atoms with van der Waals surface area (Å²) in [5.41, 5.74) is 3.05. The number of hydrogen-bond acceptors (Lipinski definition) is 2. The normalized spacial score (nSPS) is 10.7. The SMILES string of the molecule is COc1ccc(Cn2ccc3cc(C=O)ccc32)cc1. The Kier molecular flexibility index (Phi) is 3.25. The number of carbonyl (C=O) groups is 1. The van der Waals surface area contributed by atoms with Gasteiger partial charge in [-0.3, -0.25) is 4.79 Å². The molecule has 3 nitrogen and oxygen atoms in total. The van der Waals surface area contributed by atoms with Gasteiger partial charge in [0.15, 0.2) is 0 Å². The average Bonchev–Trinajstić information content (AvgIpc) is 2.90. The van der Waals surface area contributed by atoms with Crippen LogP contribution >= 0.6 is 0 Å². The first-order valence-corrected chi connectivity index (χ1v) is 6.47. The minimum absolute atomic E-state index is 0.708. The van der Waals surface area contributed by atoms with Crippen LogP contribution in [0.2, 0.25) is 0 Å². The molecule has 1 aromatic heterocycles. The summed E-state index contributed by atoms with van der Waals surface area (Å²) < 4.78 is 7.33. The molecular formula is C17H15NO2. The van der Waals surface area contributed by atoms with Crippen LogP contribution in [0.25, 0.3) is 10.9 Å². The van der Waals surface area contributed by atoms with Crippen LogP contribution < -0.4 is 4.74 Å². The fourth-order valence-electron chi connectivity index (χ4n) is 2.36. The van der Waals surface area contributed by atoms with E-state index >= 15 is 0 Å². The fourth-order valence-corrected chi connectivity index (χ4v) is 2.36. The van der Waals surface area contributed by atoms with E-state index in [1.165, 1.54) is 5.56 Å². The Morgan fingerprint density at radius 3 is 2.60 bits per heavy atom. The zero-order valence-electron chi connectivity index (χ0n) is 11.2. The first kappa shape index (κ1) is 12.5. The predicted molar refractivity (Wildman–Crippen MR) is 79.4 cm³/mol. The molecule has 0 aliphatic heterocycles. The number of fused-ring (bicyclic) bond motifs is 1. The summed E-state index contributed by atoms with van der Waals surface area (Å²) in [7, 11) is 1.67. The van der Waals surface area contributed by atoms with Crippen LogP contribution in [0.5, 0.6) is 5.75 Å². The molecule has 0 aliphatic rings. The van der Waals surface area contributed by atoms with Gasteiger partial charge in [0.25, 0.3) is 0 Å². The van der Waals surface area contributed by atoms with E-state index in [0.717, 1.165) is 29.5 Å². The fraction of sp³-hybridized carbons (Fsp3) is 0.118. The number of rotatable bonds is 4. The largest absolute Gasteiger partial charge is 0.497 e. The average molecular weight is 265 g/mol. The molecule has 0 unspecified atom stereocenters. The minimum atomic E-state index is 0.708. The van der Waals surface area contributed by atoms with Gasteiger partial charge in [-0.15, -0.1) is 0 Å². The summed E-state index contributed by atoms with van der Waals surface area (Å²) in [4.78, 5) is 10.8. The highest BCUT2D eigenvalue weighted by atomic mass is 16.5. The maximum Gasteiger partial charge on any atom is 0.150 e. The molecule has 0 saturated heterocycles. The maximum absolute atomic E-state index is 10.8. The molecule has 20 heavy (non-hydrogen) atoms.